The standard InChI is InChI=1S/C19H17ClN4O6/c1-3-28-16(25)12-14(21)30-15-11(13(23-24-15)17(26)29-4-2)19(12)9-7-8(20)5-6-10(9)22-18(19)27/h5-7H,3-4,21H2,1-2H3,(H,22,27)(H,23,24). The van der Waals surface area contributed by atoms with Gasteiger partial charge in [0.1, 0.15) is 11.0 Å². The van der Waals surface area contributed by atoms with Gasteiger partial charge < -0.3 is 25.3 Å². The van der Waals surface area contributed by atoms with Gasteiger partial charge in [0.05, 0.1) is 18.8 Å². The molecule has 30 heavy (non-hydrogen) atoms. The lowest BCUT2D eigenvalue weighted by molar-refractivity contribution is -0.140. The summed E-state index contributed by atoms with van der Waals surface area (Å²) in [6, 6.07) is 4.68. The van der Waals surface area contributed by atoms with Crippen LogP contribution in [0.5, 0.6) is 5.88 Å². The maximum absolute atomic E-state index is 13.5. The van der Waals surface area contributed by atoms with Gasteiger partial charge in [0, 0.05) is 16.3 Å². The van der Waals surface area contributed by atoms with Crippen molar-refractivity contribution in [3.63, 3.8) is 0 Å². The zero-order valence-corrected chi connectivity index (χ0v) is 16.8. The van der Waals surface area contributed by atoms with Crippen LogP contribution in [-0.2, 0) is 24.5 Å². The molecule has 0 saturated carbocycles. The Morgan fingerprint density at radius 3 is 2.63 bits per heavy atom. The molecule has 156 valence electrons. The number of aromatic nitrogens is 2. The third kappa shape index (κ3) is 2.57. The number of H-pyrrole nitrogens is 1. The molecule has 1 spiro atoms. The van der Waals surface area contributed by atoms with Crippen LogP contribution < -0.4 is 15.8 Å². The summed E-state index contributed by atoms with van der Waals surface area (Å²) in [5.41, 5.74) is 4.45. The molecule has 0 fully saturated rings. The fourth-order valence-corrected chi connectivity index (χ4v) is 3.96. The summed E-state index contributed by atoms with van der Waals surface area (Å²) < 4.78 is 15.7. The van der Waals surface area contributed by atoms with Crippen LogP contribution in [0.25, 0.3) is 0 Å². The molecule has 4 N–H and O–H groups in total. The van der Waals surface area contributed by atoms with Crippen molar-refractivity contribution >= 4 is 35.1 Å². The summed E-state index contributed by atoms with van der Waals surface area (Å²) in [6.07, 6.45) is 0. The first kappa shape index (κ1) is 19.8. The van der Waals surface area contributed by atoms with E-state index in [1.807, 2.05) is 0 Å². The van der Waals surface area contributed by atoms with E-state index < -0.39 is 23.3 Å². The Morgan fingerprint density at radius 1 is 1.23 bits per heavy atom. The van der Waals surface area contributed by atoms with Crippen LogP contribution in [0.15, 0.2) is 29.7 Å². The Balaban J connectivity index is 2.10. The summed E-state index contributed by atoms with van der Waals surface area (Å²) in [5.74, 6) is -2.79. The minimum atomic E-state index is -1.88. The Hall–Kier alpha value is -3.53. The fraction of sp³-hybridized carbons (Fsp3) is 0.263. The number of ether oxygens (including phenoxy) is 3. The molecule has 0 aliphatic carbocycles. The van der Waals surface area contributed by atoms with Gasteiger partial charge in [-0.05, 0) is 32.0 Å². The molecular formula is C19H17ClN4O6. The first-order valence-electron chi connectivity index (χ1n) is 9.08. The smallest absolute Gasteiger partial charge is 0.356 e. The SMILES string of the molecule is CCOC(=O)C1=C(N)Oc2n[nH]c(C(=O)OCC)c2C12C(=O)Nc1ccc(Cl)cc12. The van der Waals surface area contributed by atoms with Crippen LogP contribution in [-0.4, -0.2) is 41.3 Å². The number of fused-ring (bicyclic) bond motifs is 4. The summed E-state index contributed by atoms with van der Waals surface area (Å²) in [5, 5.41) is 9.53. The highest BCUT2D eigenvalue weighted by Crippen LogP contribution is 2.54. The molecule has 1 aromatic carbocycles. The molecule has 4 rings (SSSR count). The third-order valence-electron chi connectivity index (χ3n) is 4.87. The van der Waals surface area contributed by atoms with Crippen molar-refractivity contribution in [3.05, 3.63) is 51.5 Å². The molecule has 1 aromatic heterocycles. The number of nitrogens with zero attached hydrogens (tertiary/aromatic N) is 1. The van der Waals surface area contributed by atoms with Crippen molar-refractivity contribution in [3.8, 4) is 5.88 Å². The summed E-state index contributed by atoms with van der Waals surface area (Å²) >= 11 is 6.20. The van der Waals surface area contributed by atoms with Gasteiger partial charge in [-0.3, -0.25) is 9.89 Å². The van der Waals surface area contributed by atoms with E-state index in [4.69, 9.17) is 31.5 Å². The van der Waals surface area contributed by atoms with Crippen LogP contribution >= 0.6 is 11.6 Å². The number of carbonyl (C=O) groups excluding carboxylic acids is 3. The van der Waals surface area contributed by atoms with Crippen LogP contribution in [0, 0.1) is 0 Å². The van der Waals surface area contributed by atoms with Crippen LogP contribution in [0.2, 0.25) is 5.02 Å². The first-order chi connectivity index (χ1) is 14.4. The Morgan fingerprint density at radius 2 is 1.93 bits per heavy atom. The molecule has 2 aliphatic rings. The summed E-state index contributed by atoms with van der Waals surface area (Å²) in [7, 11) is 0. The Labute approximate surface area is 175 Å². The largest absolute Gasteiger partial charge is 0.462 e. The van der Waals surface area contributed by atoms with Crippen molar-refractivity contribution in [2.24, 2.45) is 5.73 Å². The van der Waals surface area contributed by atoms with Gasteiger partial charge in [0.2, 0.25) is 17.7 Å². The molecule has 1 unspecified atom stereocenters. The zero-order chi connectivity index (χ0) is 21.6. The van der Waals surface area contributed by atoms with E-state index in [0.717, 1.165) is 0 Å². The molecule has 0 saturated heterocycles. The number of hydrogen-bond donors (Lipinski definition) is 3. The number of halogens is 1. The average Bonchev–Trinajstić information content (AvgIpc) is 3.23. The van der Waals surface area contributed by atoms with Crippen molar-refractivity contribution < 1.29 is 28.6 Å². The predicted octanol–water partition coefficient (Wildman–Crippen LogP) is 1.60. The lowest BCUT2D eigenvalue weighted by Crippen LogP contribution is -2.46. The monoisotopic (exact) mass is 432 g/mol. The van der Waals surface area contributed by atoms with E-state index in [9.17, 15) is 14.4 Å². The highest BCUT2D eigenvalue weighted by molar-refractivity contribution is 6.31. The van der Waals surface area contributed by atoms with E-state index in [-0.39, 0.29) is 41.8 Å². The topological polar surface area (TPSA) is 146 Å². The summed E-state index contributed by atoms with van der Waals surface area (Å²) in [6.45, 7) is 3.35. The van der Waals surface area contributed by atoms with Crippen molar-refractivity contribution in [1.82, 2.24) is 10.2 Å². The Bertz CT molecular complexity index is 1120. The molecule has 10 nitrogen and oxygen atoms in total. The molecule has 0 radical (unpaired) electrons. The second-order valence-corrected chi connectivity index (χ2v) is 6.89. The highest BCUT2D eigenvalue weighted by atomic mass is 35.5. The second-order valence-electron chi connectivity index (χ2n) is 6.46. The fourth-order valence-electron chi connectivity index (χ4n) is 3.79. The van der Waals surface area contributed by atoms with Crippen LogP contribution in [0.3, 0.4) is 0 Å². The quantitative estimate of drug-likeness (QED) is 0.617. The van der Waals surface area contributed by atoms with Crippen LogP contribution in [0.4, 0.5) is 5.69 Å². The molecule has 1 amide bonds. The number of benzene rings is 1. The van der Waals surface area contributed by atoms with Gasteiger partial charge in [-0.1, -0.05) is 11.6 Å². The predicted molar refractivity (Wildman–Crippen MR) is 104 cm³/mol. The molecule has 2 aliphatic heterocycles. The molecule has 1 atom stereocenters. The number of nitrogens with two attached hydrogens (primary N) is 1. The number of hydrogen-bond acceptors (Lipinski definition) is 8. The van der Waals surface area contributed by atoms with Gasteiger partial charge in [0.15, 0.2) is 5.69 Å². The Kier molecular flexibility index (Phi) is 4.65. The molecule has 2 aromatic rings. The number of esters is 2. The molecule has 3 heterocycles. The number of anilines is 1. The van der Waals surface area contributed by atoms with E-state index in [0.29, 0.717) is 16.3 Å². The molecule has 0 bridgehead atoms. The molecular weight excluding hydrogens is 416 g/mol. The maximum atomic E-state index is 13.5. The van der Waals surface area contributed by atoms with E-state index in [1.165, 1.54) is 6.07 Å². The minimum absolute atomic E-state index is 0.00304. The lowest BCUT2D eigenvalue weighted by Gasteiger charge is -2.33. The molecule has 11 heteroatoms. The van der Waals surface area contributed by atoms with Gasteiger partial charge in [-0.2, -0.15) is 0 Å². The summed E-state index contributed by atoms with van der Waals surface area (Å²) in [4.78, 5) is 39.0. The van der Waals surface area contributed by atoms with Crippen molar-refractivity contribution in [1.29, 1.82) is 0 Å². The normalized spacial score (nSPS) is 19.1. The minimum Gasteiger partial charge on any atom is -0.462 e. The van der Waals surface area contributed by atoms with Crippen LogP contribution in [0.1, 0.15) is 35.5 Å². The van der Waals surface area contributed by atoms with Crippen molar-refractivity contribution in [2.45, 2.75) is 19.3 Å². The second kappa shape index (κ2) is 7.06. The number of amides is 1. The maximum Gasteiger partial charge on any atom is 0.356 e. The van der Waals surface area contributed by atoms with E-state index in [2.05, 4.69) is 15.5 Å². The number of rotatable bonds is 4. The van der Waals surface area contributed by atoms with Crippen molar-refractivity contribution in [2.75, 3.05) is 18.5 Å². The number of aromatic amines is 1. The number of nitrogens with one attached hydrogen (secondary N) is 2. The first-order valence-corrected chi connectivity index (χ1v) is 9.46. The number of carbonyl (C=O) groups is 3. The van der Waals surface area contributed by atoms with Gasteiger partial charge in [-0.15, -0.1) is 5.10 Å². The highest BCUT2D eigenvalue weighted by Gasteiger charge is 2.61. The van der Waals surface area contributed by atoms with Gasteiger partial charge in [0.25, 0.3) is 0 Å². The average molecular weight is 433 g/mol. The van der Waals surface area contributed by atoms with Gasteiger partial charge in [-0.25, -0.2) is 9.59 Å². The van der Waals surface area contributed by atoms with E-state index >= 15 is 0 Å². The van der Waals surface area contributed by atoms with E-state index in [1.54, 1.807) is 26.0 Å². The van der Waals surface area contributed by atoms with Gasteiger partial charge >= 0.3 is 11.9 Å². The lowest BCUT2D eigenvalue weighted by atomic mass is 9.68. The third-order valence-corrected chi connectivity index (χ3v) is 5.10. The zero-order valence-electron chi connectivity index (χ0n) is 16.0.